The molecule has 26 heavy (non-hydrogen) atoms. The van der Waals surface area contributed by atoms with Crippen LogP contribution in [-0.2, 0) is 14.8 Å². The summed E-state index contributed by atoms with van der Waals surface area (Å²) in [6.07, 6.45) is 1.00. The maximum absolute atomic E-state index is 12.5. The second-order valence-electron chi connectivity index (χ2n) is 6.22. The molecule has 0 saturated heterocycles. The standard InChI is InChI=1S/C17H21N3O4S2/c1-10(2)13(20-26(4,23)24)16(22)19-17-18-14(15(25-17)11(3)21)12-8-6-5-7-9-12/h5-10,13,20H,1-4H3,(H,18,19,22)/t13-/m1/s1. The molecule has 0 aliphatic heterocycles. The van der Waals surface area contributed by atoms with E-state index in [2.05, 4.69) is 15.0 Å². The average Bonchev–Trinajstić information content (AvgIpc) is 2.96. The maximum Gasteiger partial charge on any atom is 0.244 e. The minimum Gasteiger partial charge on any atom is -0.301 e. The van der Waals surface area contributed by atoms with Crippen LogP contribution in [0.25, 0.3) is 11.3 Å². The van der Waals surface area contributed by atoms with Gasteiger partial charge in [0.15, 0.2) is 10.9 Å². The molecule has 2 N–H and O–H groups in total. The summed E-state index contributed by atoms with van der Waals surface area (Å²) in [5, 5.41) is 2.87. The van der Waals surface area contributed by atoms with Crippen molar-refractivity contribution in [2.45, 2.75) is 26.8 Å². The Morgan fingerprint density at radius 2 is 1.77 bits per heavy atom. The van der Waals surface area contributed by atoms with Crippen molar-refractivity contribution in [3.63, 3.8) is 0 Å². The molecule has 1 aromatic carbocycles. The van der Waals surface area contributed by atoms with Crippen molar-refractivity contribution in [1.29, 1.82) is 0 Å². The zero-order chi connectivity index (χ0) is 19.5. The van der Waals surface area contributed by atoms with Gasteiger partial charge in [-0.25, -0.2) is 18.1 Å². The molecule has 1 heterocycles. The fourth-order valence-corrected chi connectivity index (χ4v) is 4.04. The molecule has 0 aliphatic carbocycles. The normalized spacial score (nSPS) is 12.8. The maximum atomic E-state index is 12.5. The van der Waals surface area contributed by atoms with E-state index >= 15 is 0 Å². The molecule has 2 aromatic rings. The van der Waals surface area contributed by atoms with E-state index in [-0.39, 0.29) is 16.8 Å². The zero-order valence-corrected chi connectivity index (χ0v) is 16.6. The van der Waals surface area contributed by atoms with Gasteiger partial charge in [0, 0.05) is 12.5 Å². The number of aromatic nitrogens is 1. The largest absolute Gasteiger partial charge is 0.301 e. The number of thiazole rings is 1. The Kier molecular flexibility index (Phi) is 6.27. The average molecular weight is 396 g/mol. The van der Waals surface area contributed by atoms with E-state index in [0.29, 0.717) is 10.6 Å². The van der Waals surface area contributed by atoms with Gasteiger partial charge in [-0.1, -0.05) is 55.5 Å². The van der Waals surface area contributed by atoms with E-state index in [9.17, 15) is 18.0 Å². The molecule has 1 atom stereocenters. The molecule has 140 valence electrons. The Hall–Kier alpha value is -2.10. The molecular weight excluding hydrogens is 374 g/mol. The van der Waals surface area contributed by atoms with Gasteiger partial charge >= 0.3 is 0 Å². The molecule has 1 amide bonds. The number of nitrogens with zero attached hydrogens (tertiary/aromatic N) is 1. The van der Waals surface area contributed by atoms with Gasteiger partial charge in [0.25, 0.3) is 0 Å². The summed E-state index contributed by atoms with van der Waals surface area (Å²) in [7, 11) is -3.55. The van der Waals surface area contributed by atoms with Crippen molar-refractivity contribution in [1.82, 2.24) is 9.71 Å². The number of nitrogens with one attached hydrogen (secondary N) is 2. The van der Waals surface area contributed by atoms with Crippen molar-refractivity contribution >= 4 is 38.2 Å². The topological polar surface area (TPSA) is 105 Å². The quantitative estimate of drug-likeness (QED) is 0.701. The summed E-state index contributed by atoms with van der Waals surface area (Å²) in [4.78, 5) is 29.2. The summed E-state index contributed by atoms with van der Waals surface area (Å²) in [5.41, 5.74) is 1.26. The van der Waals surface area contributed by atoms with Crippen molar-refractivity contribution < 1.29 is 18.0 Å². The number of ketones is 1. The number of carbonyl (C=O) groups excluding carboxylic acids is 2. The Bertz CT molecular complexity index is 905. The van der Waals surface area contributed by atoms with Crippen LogP contribution in [0.15, 0.2) is 30.3 Å². The molecule has 0 radical (unpaired) electrons. The first-order valence-electron chi connectivity index (χ1n) is 7.94. The van der Waals surface area contributed by atoms with Crippen LogP contribution in [0.1, 0.15) is 30.4 Å². The van der Waals surface area contributed by atoms with E-state index in [1.165, 1.54) is 6.92 Å². The van der Waals surface area contributed by atoms with E-state index in [1.54, 1.807) is 13.8 Å². The highest BCUT2D eigenvalue weighted by atomic mass is 32.2. The summed E-state index contributed by atoms with van der Waals surface area (Å²) >= 11 is 1.07. The molecule has 0 fully saturated rings. The number of anilines is 1. The number of hydrogen-bond donors (Lipinski definition) is 2. The number of sulfonamides is 1. The van der Waals surface area contributed by atoms with Crippen molar-refractivity contribution in [3.05, 3.63) is 35.2 Å². The number of rotatable bonds is 7. The lowest BCUT2D eigenvalue weighted by Crippen LogP contribution is -2.46. The third kappa shape index (κ3) is 5.20. The van der Waals surface area contributed by atoms with Crippen molar-refractivity contribution in [2.75, 3.05) is 11.6 Å². The predicted octanol–water partition coefficient (Wildman–Crippen LogP) is 2.53. The molecule has 0 aliphatic rings. The number of hydrogen-bond acceptors (Lipinski definition) is 6. The first-order valence-corrected chi connectivity index (χ1v) is 10.6. The van der Waals surface area contributed by atoms with Crippen LogP contribution in [0.3, 0.4) is 0 Å². The minimum absolute atomic E-state index is 0.156. The molecule has 9 heteroatoms. The Morgan fingerprint density at radius 3 is 2.27 bits per heavy atom. The number of benzene rings is 1. The van der Waals surface area contributed by atoms with E-state index in [1.807, 2.05) is 30.3 Å². The third-order valence-corrected chi connectivity index (χ3v) is 5.27. The molecule has 0 unspecified atom stereocenters. The summed E-state index contributed by atoms with van der Waals surface area (Å²) in [6, 6.07) is 8.25. The molecule has 1 aromatic heterocycles. The van der Waals surface area contributed by atoms with Gasteiger partial charge in [-0.2, -0.15) is 0 Å². The van der Waals surface area contributed by atoms with Gasteiger partial charge in [0.1, 0.15) is 6.04 Å². The lowest BCUT2D eigenvalue weighted by atomic mass is 10.1. The number of amides is 1. The molecule has 2 rings (SSSR count). The van der Waals surface area contributed by atoms with Crippen molar-refractivity contribution in [3.8, 4) is 11.3 Å². The van der Waals surface area contributed by atoms with Crippen LogP contribution >= 0.6 is 11.3 Å². The van der Waals surface area contributed by atoms with Crippen molar-refractivity contribution in [2.24, 2.45) is 5.92 Å². The summed E-state index contributed by atoms with van der Waals surface area (Å²) in [6.45, 7) is 4.91. The SMILES string of the molecule is CC(=O)c1sc(NC(=O)[C@H](NS(C)(=O)=O)C(C)C)nc1-c1ccccc1. The van der Waals surface area contributed by atoms with E-state index in [4.69, 9.17) is 0 Å². The second kappa shape index (κ2) is 8.07. The number of Topliss-reactive ketones (excluding diaryl/α,β-unsaturated/α-hetero) is 1. The highest BCUT2D eigenvalue weighted by Crippen LogP contribution is 2.31. The predicted molar refractivity (Wildman–Crippen MR) is 103 cm³/mol. The van der Waals surface area contributed by atoms with Gasteiger partial charge in [0.2, 0.25) is 15.9 Å². The Labute approximate surface area is 156 Å². The van der Waals surface area contributed by atoms with Crippen LogP contribution < -0.4 is 10.0 Å². The monoisotopic (exact) mass is 395 g/mol. The smallest absolute Gasteiger partial charge is 0.244 e. The van der Waals surface area contributed by atoms with Gasteiger partial charge in [0.05, 0.1) is 16.8 Å². The fraction of sp³-hybridized carbons (Fsp3) is 0.353. The second-order valence-corrected chi connectivity index (χ2v) is 9.00. The van der Waals surface area contributed by atoms with E-state index in [0.717, 1.165) is 23.2 Å². The van der Waals surface area contributed by atoms with Crippen LogP contribution in [0, 0.1) is 5.92 Å². The molecule has 0 saturated carbocycles. The van der Waals surface area contributed by atoms with Gasteiger partial charge in [-0.15, -0.1) is 0 Å². The van der Waals surface area contributed by atoms with Gasteiger partial charge in [-0.05, 0) is 5.92 Å². The van der Waals surface area contributed by atoms with Gasteiger partial charge < -0.3 is 5.32 Å². The molecule has 7 nitrogen and oxygen atoms in total. The van der Waals surface area contributed by atoms with Gasteiger partial charge in [-0.3, -0.25) is 9.59 Å². The Morgan fingerprint density at radius 1 is 1.15 bits per heavy atom. The highest BCUT2D eigenvalue weighted by Gasteiger charge is 2.27. The number of carbonyl (C=O) groups is 2. The van der Waals surface area contributed by atoms with Crippen LogP contribution in [0.4, 0.5) is 5.13 Å². The highest BCUT2D eigenvalue weighted by molar-refractivity contribution is 7.88. The fourth-order valence-electron chi connectivity index (χ4n) is 2.31. The van der Waals surface area contributed by atoms with Crippen LogP contribution in [0.2, 0.25) is 0 Å². The first kappa shape index (κ1) is 20.2. The van der Waals surface area contributed by atoms with E-state index < -0.39 is 22.0 Å². The lowest BCUT2D eigenvalue weighted by molar-refractivity contribution is -0.118. The molecule has 0 spiro atoms. The molecule has 0 bridgehead atoms. The first-order chi connectivity index (χ1) is 12.1. The zero-order valence-electron chi connectivity index (χ0n) is 14.9. The lowest BCUT2D eigenvalue weighted by Gasteiger charge is -2.19. The minimum atomic E-state index is -3.55. The van der Waals surface area contributed by atoms with Crippen LogP contribution in [0.5, 0.6) is 0 Å². The molecular formula is C17H21N3O4S2. The summed E-state index contributed by atoms with van der Waals surface area (Å²) in [5.74, 6) is -0.934. The Balaban J connectivity index is 2.32. The third-order valence-electron chi connectivity index (χ3n) is 3.51. The van der Waals surface area contributed by atoms with Crippen LogP contribution in [-0.4, -0.2) is 37.4 Å². The summed E-state index contributed by atoms with van der Waals surface area (Å²) < 4.78 is 25.3.